The number of hydrogen-bond acceptors (Lipinski definition) is 2. The molecule has 1 aromatic carbocycles. The molecular weight excluding hydrogens is 232 g/mol. The van der Waals surface area contributed by atoms with Crippen LogP contribution in [0.5, 0.6) is 0 Å². The first-order valence-electron chi connectivity index (χ1n) is 7.77. The molecular formula is C17H26N2. The van der Waals surface area contributed by atoms with Gasteiger partial charge in [-0.25, -0.2) is 0 Å². The van der Waals surface area contributed by atoms with Crippen LogP contribution in [-0.2, 0) is 0 Å². The first-order valence-corrected chi connectivity index (χ1v) is 7.77. The summed E-state index contributed by atoms with van der Waals surface area (Å²) in [6.45, 7) is 9.48. The van der Waals surface area contributed by atoms with Crippen molar-refractivity contribution in [2.45, 2.75) is 33.1 Å². The van der Waals surface area contributed by atoms with Crippen LogP contribution in [-0.4, -0.2) is 26.2 Å². The molecule has 0 radical (unpaired) electrons. The third kappa shape index (κ3) is 2.64. The Morgan fingerprint density at radius 2 is 1.68 bits per heavy atom. The van der Waals surface area contributed by atoms with E-state index in [0.717, 1.165) is 11.8 Å². The maximum Gasteiger partial charge on any atom is 0.0425 e. The van der Waals surface area contributed by atoms with Crippen molar-refractivity contribution >= 4 is 5.69 Å². The Bertz CT molecular complexity index is 415. The summed E-state index contributed by atoms with van der Waals surface area (Å²) >= 11 is 0. The molecule has 0 bridgehead atoms. The normalized spacial score (nSPS) is 24.9. The second kappa shape index (κ2) is 5.54. The second-order valence-corrected chi connectivity index (χ2v) is 6.32. The molecule has 104 valence electrons. The second-order valence-electron chi connectivity index (χ2n) is 6.32. The summed E-state index contributed by atoms with van der Waals surface area (Å²) in [5.41, 5.74) is 4.37. The van der Waals surface area contributed by atoms with Crippen LogP contribution in [0.1, 0.15) is 30.4 Å². The van der Waals surface area contributed by atoms with Crippen LogP contribution in [0.2, 0.25) is 0 Å². The minimum Gasteiger partial charge on any atom is -0.371 e. The molecule has 0 saturated carbocycles. The summed E-state index contributed by atoms with van der Waals surface area (Å²) in [4.78, 5) is 2.64. The fourth-order valence-corrected chi connectivity index (χ4v) is 4.00. The van der Waals surface area contributed by atoms with Gasteiger partial charge in [0.25, 0.3) is 0 Å². The molecule has 1 atom stereocenters. The van der Waals surface area contributed by atoms with Crippen molar-refractivity contribution in [3.63, 3.8) is 0 Å². The molecule has 0 aromatic heterocycles. The lowest BCUT2D eigenvalue weighted by Gasteiger charge is -2.29. The number of rotatable bonds is 2. The van der Waals surface area contributed by atoms with E-state index < -0.39 is 0 Å². The molecule has 19 heavy (non-hydrogen) atoms. The maximum absolute atomic E-state index is 3.49. The maximum atomic E-state index is 3.49. The molecule has 2 fully saturated rings. The Morgan fingerprint density at radius 3 is 2.37 bits per heavy atom. The lowest BCUT2D eigenvalue weighted by molar-refractivity contribution is 0.276. The standard InChI is InChI=1S/C17H26N2/c1-13-4-3-5-14(2)17(13)19-11-8-16(12-19)15-6-9-18-10-7-15/h3-5,15-16,18H,6-12H2,1-2H3. The molecule has 3 rings (SSSR count). The molecule has 2 nitrogen and oxygen atoms in total. The van der Waals surface area contributed by atoms with Crippen molar-refractivity contribution in [3.05, 3.63) is 29.3 Å². The van der Waals surface area contributed by atoms with Crippen LogP contribution in [0, 0.1) is 25.7 Å². The Labute approximate surface area is 117 Å². The Kier molecular flexibility index (Phi) is 3.79. The average Bonchev–Trinajstić information content (AvgIpc) is 2.89. The van der Waals surface area contributed by atoms with Gasteiger partial charge in [0.15, 0.2) is 0 Å². The molecule has 1 N–H and O–H groups in total. The predicted octanol–water partition coefficient (Wildman–Crippen LogP) is 3.13. The molecule has 2 heterocycles. The minimum absolute atomic E-state index is 0.918. The average molecular weight is 258 g/mol. The van der Waals surface area contributed by atoms with Crippen molar-refractivity contribution in [2.24, 2.45) is 11.8 Å². The van der Waals surface area contributed by atoms with Gasteiger partial charge < -0.3 is 10.2 Å². The highest BCUT2D eigenvalue weighted by Crippen LogP contribution is 2.35. The fourth-order valence-electron chi connectivity index (χ4n) is 4.00. The highest BCUT2D eigenvalue weighted by Gasteiger charge is 2.31. The predicted molar refractivity (Wildman–Crippen MR) is 81.8 cm³/mol. The Hall–Kier alpha value is -1.02. The first-order chi connectivity index (χ1) is 9.25. The number of nitrogens with zero attached hydrogens (tertiary/aromatic N) is 1. The SMILES string of the molecule is Cc1cccc(C)c1N1CCC(C2CCNCC2)C1. The van der Waals surface area contributed by atoms with Crippen LogP contribution in [0.4, 0.5) is 5.69 Å². The van der Waals surface area contributed by atoms with Gasteiger partial charge in [-0.05, 0) is 69.2 Å². The van der Waals surface area contributed by atoms with Crippen molar-refractivity contribution in [2.75, 3.05) is 31.1 Å². The summed E-state index contributed by atoms with van der Waals surface area (Å²) < 4.78 is 0. The number of nitrogens with one attached hydrogen (secondary N) is 1. The van der Waals surface area contributed by atoms with Gasteiger partial charge in [0.2, 0.25) is 0 Å². The molecule has 2 aliphatic rings. The largest absolute Gasteiger partial charge is 0.371 e. The Balaban J connectivity index is 1.71. The zero-order chi connectivity index (χ0) is 13.2. The summed E-state index contributed by atoms with van der Waals surface area (Å²) in [5, 5.41) is 3.49. The van der Waals surface area contributed by atoms with E-state index in [1.54, 1.807) is 0 Å². The lowest BCUT2D eigenvalue weighted by Crippen LogP contribution is -2.33. The van der Waals surface area contributed by atoms with Gasteiger partial charge in [0.1, 0.15) is 0 Å². The zero-order valence-electron chi connectivity index (χ0n) is 12.3. The van der Waals surface area contributed by atoms with E-state index in [9.17, 15) is 0 Å². The van der Waals surface area contributed by atoms with Crippen molar-refractivity contribution in [1.82, 2.24) is 5.32 Å². The molecule has 1 unspecified atom stereocenters. The van der Waals surface area contributed by atoms with E-state index in [-0.39, 0.29) is 0 Å². The quantitative estimate of drug-likeness (QED) is 0.877. The van der Waals surface area contributed by atoms with E-state index >= 15 is 0 Å². The van der Waals surface area contributed by atoms with Crippen LogP contribution in [0.15, 0.2) is 18.2 Å². The molecule has 0 spiro atoms. The molecule has 0 aliphatic carbocycles. The van der Waals surface area contributed by atoms with Crippen LogP contribution >= 0.6 is 0 Å². The minimum atomic E-state index is 0.918. The Morgan fingerprint density at radius 1 is 1.00 bits per heavy atom. The van der Waals surface area contributed by atoms with Crippen molar-refractivity contribution < 1.29 is 0 Å². The number of piperidine rings is 1. The fraction of sp³-hybridized carbons (Fsp3) is 0.647. The van der Waals surface area contributed by atoms with Crippen molar-refractivity contribution in [3.8, 4) is 0 Å². The molecule has 2 saturated heterocycles. The van der Waals surface area contributed by atoms with E-state index in [2.05, 4.69) is 42.3 Å². The summed E-state index contributed by atoms with van der Waals surface area (Å²) in [6, 6.07) is 6.68. The van der Waals surface area contributed by atoms with Gasteiger partial charge in [-0.2, -0.15) is 0 Å². The van der Waals surface area contributed by atoms with E-state index in [1.807, 2.05) is 0 Å². The zero-order valence-corrected chi connectivity index (χ0v) is 12.3. The topological polar surface area (TPSA) is 15.3 Å². The van der Waals surface area contributed by atoms with Crippen molar-refractivity contribution in [1.29, 1.82) is 0 Å². The molecule has 1 aromatic rings. The highest BCUT2D eigenvalue weighted by molar-refractivity contribution is 5.59. The number of hydrogen-bond donors (Lipinski definition) is 1. The van der Waals surface area contributed by atoms with Gasteiger partial charge in [-0.1, -0.05) is 18.2 Å². The first kappa shape index (κ1) is 13.0. The molecule has 0 amide bonds. The van der Waals surface area contributed by atoms with Crippen LogP contribution < -0.4 is 10.2 Å². The summed E-state index contributed by atoms with van der Waals surface area (Å²) in [7, 11) is 0. The number of anilines is 1. The summed E-state index contributed by atoms with van der Waals surface area (Å²) in [6.07, 6.45) is 4.15. The third-order valence-corrected chi connectivity index (χ3v) is 5.03. The highest BCUT2D eigenvalue weighted by atomic mass is 15.2. The summed E-state index contributed by atoms with van der Waals surface area (Å²) in [5.74, 6) is 1.87. The van der Waals surface area contributed by atoms with Crippen LogP contribution in [0.25, 0.3) is 0 Å². The van der Waals surface area contributed by atoms with E-state index in [1.165, 1.54) is 62.3 Å². The third-order valence-electron chi connectivity index (χ3n) is 5.03. The van der Waals surface area contributed by atoms with Gasteiger partial charge in [-0.3, -0.25) is 0 Å². The van der Waals surface area contributed by atoms with E-state index in [0.29, 0.717) is 0 Å². The van der Waals surface area contributed by atoms with Crippen LogP contribution in [0.3, 0.4) is 0 Å². The monoisotopic (exact) mass is 258 g/mol. The van der Waals surface area contributed by atoms with Gasteiger partial charge in [0, 0.05) is 18.8 Å². The number of para-hydroxylation sites is 1. The molecule has 2 aliphatic heterocycles. The number of benzene rings is 1. The van der Waals surface area contributed by atoms with Gasteiger partial charge in [-0.15, -0.1) is 0 Å². The number of aryl methyl sites for hydroxylation is 2. The lowest BCUT2D eigenvalue weighted by atomic mass is 9.84. The van der Waals surface area contributed by atoms with Gasteiger partial charge >= 0.3 is 0 Å². The molecule has 2 heteroatoms. The van der Waals surface area contributed by atoms with Gasteiger partial charge in [0.05, 0.1) is 0 Å². The van der Waals surface area contributed by atoms with E-state index in [4.69, 9.17) is 0 Å². The smallest absolute Gasteiger partial charge is 0.0425 e.